The van der Waals surface area contributed by atoms with Crippen LogP contribution >= 0.6 is 0 Å². The van der Waals surface area contributed by atoms with E-state index in [-0.39, 0.29) is 0 Å². The molecule has 3 heterocycles. The minimum atomic E-state index is 0.430. The molecule has 0 spiro atoms. The van der Waals surface area contributed by atoms with E-state index >= 15 is 0 Å². The number of hydrogen-bond acceptors (Lipinski definition) is 1. The lowest BCUT2D eigenvalue weighted by molar-refractivity contribution is 0.230. The molecule has 1 aromatic heterocycles. The number of nitrogens with zero attached hydrogens (tertiary/aromatic N) is 1. The summed E-state index contributed by atoms with van der Waals surface area (Å²) in [6.07, 6.45) is 7.99. The van der Waals surface area contributed by atoms with Gasteiger partial charge in [-0.2, -0.15) is 0 Å². The zero-order valence-corrected chi connectivity index (χ0v) is 11.2. The van der Waals surface area contributed by atoms with Gasteiger partial charge >= 0.3 is 0 Å². The highest BCUT2D eigenvalue weighted by atomic mass is 15.2. The summed E-state index contributed by atoms with van der Waals surface area (Å²) in [5.41, 5.74) is 5.62. The number of benzene rings is 1. The van der Waals surface area contributed by atoms with E-state index in [2.05, 4.69) is 59.3 Å². The van der Waals surface area contributed by atoms with Gasteiger partial charge in [-0.05, 0) is 30.5 Å². The normalized spacial score (nSPS) is 24.7. The minimum absolute atomic E-state index is 0.430. The van der Waals surface area contributed by atoms with Gasteiger partial charge in [-0.25, -0.2) is 0 Å². The molecule has 2 nitrogen and oxygen atoms in total. The molecule has 19 heavy (non-hydrogen) atoms. The van der Waals surface area contributed by atoms with Crippen molar-refractivity contribution in [1.82, 2.24) is 9.88 Å². The van der Waals surface area contributed by atoms with E-state index < -0.39 is 0 Å². The van der Waals surface area contributed by atoms with Gasteiger partial charge in [-0.1, -0.05) is 36.4 Å². The summed E-state index contributed by atoms with van der Waals surface area (Å²) in [5, 5.41) is 1.40. The molecule has 4 rings (SSSR count). The molecule has 1 atom stereocenters. The molecular weight excluding hydrogens is 232 g/mol. The van der Waals surface area contributed by atoms with Crippen molar-refractivity contribution in [3.8, 4) is 0 Å². The Hall–Kier alpha value is -1.80. The molecule has 0 fully saturated rings. The Bertz CT molecular complexity index is 690. The van der Waals surface area contributed by atoms with Crippen LogP contribution in [0.15, 0.2) is 48.1 Å². The van der Waals surface area contributed by atoms with Crippen LogP contribution in [-0.2, 0) is 6.42 Å². The van der Waals surface area contributed by atoms with Gasteiger partial charge in [-0.3, -0.25) is 4.90 Å². The first-order valence-corrected chi connectivity index (χ1v) is 7.04. The van der Waals surface area contributed by atoms with Crippen molar-refractivity contribution in [2.75, 3.05) is 13.1 Å². The molecular formula is C17H18N2. The van der Waals surface area contributed by atoms with Crippen molar-refractivity contribution in [2.45, 2.75) is 19.4 Å². The molecule has 2 aromatic rings. The minimum Gasteiger partial charge on any atom is -0.357 e. The Kier molecular flexibility index (Phi) is 2.39. The SMILES string of the molecule is C/C=C1\C=C[C@H]2c3[nH]c4ccccc4c3CCN2C1. The number of aromatic nitrogens is 1. The summed E-state index contributed by atoms with van der Waals surface area (Å²) in [7, 11) is 0. The lowest BCUT2D eigenvalue weighted by atomic mass is 9.93. The van der Waals surface area contributed by atoms with Crippen LogP contribution in [0.3, 0.4) is 0 Å². The standard InChI is InChI=1S/C17H18N2/c1-2-12-7-8-16-17-14(9-10-19(16)11-12)13-5-3-4-6-15(13)18-17/h2-8,16,18H,9-11H2,1H3/b12-2+/t16-/m0/s1. The highest BCUT2D eigenvalue weighted by Gasteiger charge is 2.30. The average Bonchev–Trinajstić information content (AvgIpc) is 2.85. The van der Waals surface area contributed by atoms with Crippen molar-refractivity contribution >= 4 is 10.9 Å². The molecule has 2 heteroatoms. The van der Waals surface area contributed by atoms with Gasteiger partial charge < -0.3 is 4.98 Å². The monoisotopic (exact) mass is 250 g/mol. The van der Waals surface area contributed by atoms with E-state index in [9.17, 15) is 0 Å². The van der Waals surface area contributed by atoms with E-state index in [1.54, 1.807) is 0 Å². The van der Waals surface area contributed by atoms with Crippen molar-refractivity contribution in [3.63, 3.8) is 0 Å². The number of hydrogen-bond donors (Lipinski definition) is 1. The summed E-state index contributed by atoms with van der Waals surface area (Å²) in [6.45, 7) is 4.35. The largest absolute Gasteiger partial charge is 0.357 e. The molecule has 1 aromatic carbocycles. The highest BCUT2D eigenvalue weighted by Crippen LogP contribution is 2.37. The maximum atomic E-state index is 3.64. The highest BCUT2D eigenvalue weighted by molar-refractivity contribution is 5.85. The van der Waals surface area contributed by atoms with Crippen LogP contribution < -0.4 is 0 Å². The van der Waals surface area contributed by atoms with Gasteiger partial charge in [0.25, 0.3) is 0 Å². The van der Waals surface area contributed by atoms with Crippen LogP contribution in [0.5, 0.6) is 0 Å². The maximum absolute atomic E-state index is 3.64. The molecule has 2 aliphatic rings. The number of aromatic amines is 1. The second-order valence-electron chi connectivity index (χ2n) is 5.45. The van der Waals surface area contributed by atoms with Gasteiger partial charge in [0, 0.05) is 29.7 Å². The Morgan fingerprint density at radius 3 is 3.11 bits per heavy atom. The quantitative estimate of drug-likeness (QED) is 0.757. The van der Waals surface area contributed by atoms with Crippen LogP contribution in [0.1, 0.15) is 24.2 Å². The van der Waals surface area contributed by atoms with Crippen molar-refractivity contribution in [1.29, 1.82) is 0 Å². The third-order valence-corrected chi connectivity index (χ3v) is 4.43. The first-order valence-electron chi connectivity index (χ1n) is 7.04. The van der Waals surface area contributed by atoms with Gasteiger partial charge in [-0.15, -0.1) is 0 Å². The second-order valence-corrected chi connectivity index (χ2v) is 5.45. The number of H-pyrrole nitrogens is 1. The molecule has 0 saturated heterocycles. The van der Waals surface area contributed by atoms with E-state index in [4.69, 9.17) is 0 Å². The van der Waals surface area contributed by atoms with Gasteiger partial charge in [0.05, 0.1) is 6.04 Å². The summed E-state index contributed by atoms with van der Waals surface area (Å²) in [6, 6.07) is 9.10. The van der Waals surface area contributed by atoms with Crippen LogP contribution in [0, 0.1) is 0 Å². The molecule has 0 amide bonds. The summed E-state index contributed by atoms with van der Waals surface area (Å²) in [5.74, 6) is 0. The van der Waals surface area contributed by atoms with Crippen LogP contribution in [0.4, 0.5) is 0 Å². The second kappa shape index (κ2) is 4.10. The first-order chi connectivity index (χ1) is 9.36. The summed E-state index contributed by atoms with van der Waals surface area (Å²) >= 11 is 0. The number of rotatable bonds is 0. The third kappa shape index (κ3) is 1.60. The molecule has 1 N–H and O–H groups in total. The Labute approximate surface area is 113 Å². The fourth-order valence-corrected chi connectivity index (χ4v) is 3.40. The number of para-hydroxylation sites is 1. The molecule has 0 saturated carbocycles. The van der Waals surface area contributed by atoms with Crippen LogP contribution in [-0.4, -0.2) is 23.0 Å². The fourth-order valence-electron chi connectivity index (χ4n) is 3.40. The van der Waals surface area contributed by atoms with E-state index in [0.717, 1.165) is 19.5 Å². The molecule has 96 valence electrons. The van der Waals surface area contributed by atoms with Crippen molar-refractivity contribution in [3.05, 3.63) is 59.3 Å². The molecule has 0 bridgehead atoms. The number of nitrogens with one attached hydrogen (secondary N) is 1. The van der Waals surface area contributed by atoms with E-state index in [1.807, 2.05) is 0 Å². The van der Waals surface area contributed by atoms with Crippen molar-refractivity contribution in [2.24, 2.45) is 0 Å². The summed E-state index contributed by atoms with van der Waals surface area (Å²) < 4.78 is 0. The van der Waals surface area contributed by atoms with Crippen LogP contribution in [0.2, 0.25) is 0 Å². The third-order valence-electron chi connectivity index (χ3n) is 4.43. The van der Waals surface area contributed by atoms with Crippen molar-refractivity contribution < 1.29 is 0 Å². The average molecular weight is 250 g/mol. The van der Waals surface area contributed by atoms with Gasteiger partial charge in [0.15, 0.2) is 0 Å². The van der Waals surface area contributed by atoms with Gasteiger partial charge in [0.2, 0.25) is 0 Å². The summed E-state index contributed by atoms with van der Waals surface area (Å²) in [4.78, 5) is 6.20. The molecule has 0 unspecified atom stereocenters. The maximum Gasteiger partial charge on any atom is 0.0693 e. The fraction of sp³-hybridized carbons (Fsp3) is 0.294. The Morgan fingerprint density at radius 1 is 1.32 bits per heavy atom. The van der Waals surface area contributed by atoms with Gasteiger partial charge in [0.1, 0.15) is 0 Å². The number of fused-ring (bicyclic) bond motifs is 5. The Morgan fingerprint density at radius 2 is 2.21 bits per heavy atom. The molecule has 0 radical (unpaired) electrons. The molecule has 0 aliphatic carbocycles. The van der Waals surface area contributed by atoms with Crippen LogP contribution in [0.25, 0.3) is 10.9 Å². The lowest BCUT2D eigenvalue weighted by Crippen LogP contribution is -2.37. The first kappa shape index (κ1) is 11.1. The number of allylic oxidation sites excluding steroid dienone is 1. The predicted octanol–water partition coefficient (Wildman–Crippen LogP) is 3.58. The lowest BCUT2D eigenvalue weighted by Gasteiger charge is -2.37. The smallest absolute Gasteiger partial charge is 0.0693 e. The topological polar surface area (TPSA) is 19.0 Å². The van der Waals surface area contributed by atoms with E-state index in [1.165, 1.54) is 27.7 Å². The zero-order valence-electron chi connectivity index (χ0n) is 11.2. The van der Waals surface area contributed by atoms with E-state index in [0.29, 0.717) is 6.04 Å². The predicted molar refractivity (Wildman–Crippen MR) is 79.2 cm³/mol. The zero-order chi connectivity index (χ0) is 12.8. The Balaban J connectivity index is 1.87. The molecule has 2 aliphatic heterocycles.